The van der Waals surface area contributed by atoms with Crippen LogP contribution in [0.3, 0.4) is 0 Å². The van der Waals surface area contributed by atoms with Gasteiger partial charge in [0.2, 0.25) is 0 Å². The van der Waals surface area contributed by atoms with Crippen LogP contribution in [0.25, 0.3) is 0 Å². The van der Waals surface area contributed by atoms with Gasteiger partial charge in [0.15, 0.2) is 0 Å². The van der Waals surface area contributed by atoms with Crippen molar-refractivity contribution in [3.8, 4) is 0 Å². The Morgan fingerprint density at radius 3 is 2.35 bits per heavy atom. The number of nitrogens with one attached hydrogen (secondary N) is 2. The van der Waals surface area contributed by atoms with E-state index >= 15 is 0 Å². The molecule has 4 heteroatoms. The predicted molar refractivity (Wildman–Crippen MR) is 85.1 cm³/mol. The summed E-state index contributed by atoms with van der Waals surface area (Å²) in [6.45, 7) is 6.30. The molecule has 1 atom stereocenters. The fourth-order valence-electron chi connectivity index (χ4n) is 1.78. The summed E-state index contributed by atoms with van der Waals surface area (Å²) in [5.41, 5.74) is 0.905. The van der Waals surface area contributed by atoms with E-state index in [9.17, 15) is 4.79 Å². The maximum absolute atomic E-state index is 12.2. The number of thiophene rings is 1. The van der Waals surface area contributed by atoms with E-state index in [1.807, 2.05) is 47.8 Å². The minimum absolute atomic E-state index is 0.0386. The molecule has 0 bridgehead atoms. The average molecular weight is 288 g/mol. The molecule has 1 aromatic carbocycles. The third kappa shape index (κ3) is 3.84. The third-order valence-electron chi connectivity index (χ3n) is 2.97. The molecular weight excluding hydrogens is 268 g/mol. The van der Waals surface area contributed by atoms with Gasteiger partial charge in [-0.05, 0) is 23.6 Å². The third-order valence-corrected chi connectivity index (χ3v) is 3.84. The molecule has 1 aromatic heterocycles. The first kappa shape index (κ1) is 14.6. The van der Waals surface area contributed by atoms with Crippen LogP contribution in [-0.4, -0.2) is 12.1 Å². The largest absolute Gasteiger partial charge is 0.365 e. The predicted octanol–water partition coefficient (Wildman–Crippen LogP) is 3.96. The van der Waals surface area contributed by atoms with Gasteiger partial charge in [0.1, 0.15) is 6.17 Å². The second kappa shape index (κ2) is 6.09. The van der Waals surface area contributed by atoms with Gasteiger partial charge in [-0.1, -0.05) is 45.0 Å². The van der Waals surface area contributed by atoms with Crippen molar-refractivity contribution in [3.05, 3.63) is 52.7 Å². The molecule has 2 aromatic rings. The number of para-hydroxylation sites is 1. The standard InChI is InChI=1S/C16H20N2OS/c1-16(2,3)15(17-12-8-5-4-6-9-12)18-14(19)13-10-7-11-20-13/h4-11,15,17H,1-3H3,(H,18,19). The summed E-state index contributed by atoms with van der Waals surface area (Å²) in [6.07, 6.45) is -0.139. The van der Waals surface area contributed by atoms with Crippen LogP contribution in [0.2, 0.25) is 0 Å². The molecule has 20 heavy (non-hydrogen) atoms. The lowest BCUT2D eigenvalue weighted by atomic mass is 9.92. The van der Waals surface area contributed by atoms with E-state index < -0.39 is 0 Å². The molecule has 0 saturated carbocycles. The molecule has 0 aliphatic heterocycles. The number of benzene rings is 1. The fraction of sp³-hybridized carbons (Fsp3) is 0.312. The minimum Gasteiger partial charge on any atom is -0.365 e. The van der Waals surface area contributed by atoms with Crippen LogP contribution in [0.15, 0.2) is 47.8 Å². The molecule has 2 rings (SSSR count). The number of carbonyl (C=O) groups excluding carboxylic acids is 1. The van der Waals surface area contributed by atoms with Gasteiger partial charge in [-0.15, -0.1) is 11.3 Å². The number of carbonyl (C=O) groups is 1. The molecule has 1 heterocycles. The molecule has 0 spiro atoms. The first-order chi connectivity index (χ1) is 9.47. The number of anilines is 1. The Bertz CT molecular complexity index is 544. The summed E-state index contributed by atoms with van der Waals surface area (Å²) in [5.74, 6) is -0.0386. The summed E-state index contributed by atoms with van der Waals surface area (Å²) >= 11 is 1.45. The first-order valence-electron chi connectivity index (χ1n) is 6.63. The second-order valence-electron chi connectivity index (χ2n) is 5.76. The van der Waals surface area contributed by atoms with Crippen LogP contribution >= 0.6 is 11.3 Å². The van der Waals surface area contributed by atoms with E-state index in [1.165, 1.54) is 11.3 Å². The van der Waals surface area contributed by atoms with E-state index in [1.54, 1.807) is 0 Å². The van der Waals surface area contributed by atoms with Gasteiger partial charge in [0.25, 0.3) is 5.91 Å². The van der Waals surface area contributed by atoms with E-state index in [0.29, 0.717) is 0 Å². The quantitative estimate of drug-likeness (QED) is 0.836. The zero-order valence-electron chi connectivity index (χ0n) is 12.0. The Balaban J connectivity index is 2.11. The zero-order valence-corrected chi connectivity index (χ0v) is 12.8. The Morgan fingerprint density at radius 2 is 1.80 bits per heavy atom. The van der Waals surface area contributed by atoms with Crippen LogP contribution < -0.4 is 10.6 Å². The molecular formula is C16H20N2OS. The summed E-state index contributed by atoms with van der Waals surface area (Å²) in [7, 11) is 0. The highest BCUT2D eigenvalue weighted by Crippen LogP contribution is 2.22. The number of amides is 1. The Kier molecular flexibility index (Phi) is 4.45. The van der Waals surface area contributed by atoms with Crippen molar-refractivity contribution >= 4 is 22.9 Å². The van der Waals surface area contributed by atoms with Crippen LogP contribution in [0, 0.1) is 5.41 Å². The van der Waals surface area contributed by atoms with Crippen molar-refractivity contribution < 1.29 is 4.79 Å². The van der Waals surface area contributed by atoms with Gasteiger partial charge >= 0.3 is 0 Å². The summed E-state index contributed by atoms with van der Waals surface area (Å²) in [6, 6.07) is 13.6. The smallest absolute Gasteiger partial charge is 0.262 e. The SMILES string of the molecule is CC(C)(C)C(NC(=O)c1cccs1)Nc1ccccc1. The lowest BCUT2D eigenvalue weighted by Crippen LogP contribution is -2.48. The van der Waals surface area contributed by atoms with Crippen molar-refractivity contribution in [2.24, 2.45) is 5.41 Å². The summed E-state index contributed by atoms with van der Waals surface area (Å²) < 4.78 is 0. The molecule has 0 saturated heterocycles. The Labute approximate surface area is 124 Å². The van der Waals surface area contributed by atoms with Gasteiger partial charge in [-0.25, -0.2) is 0 Å². The van der Waals surface area contributed by atoms with Crippen LogP contribution in [0.1, 0.15) is 30.4 Å². The Morgan fingerprint density at radius 1 is 1.10 bits per heavy atom. The molecule has 0 radical (unpaired) electrons. The van der Waals surface area contributed by atoms with Crippen molar-refractivity contribution in [3.63, 3.8) is 0 Å². The van der Waals surface area contributed by atoms with Crippen LogP contribution in [0.5, 0.6) is 0 Å². The highest BCUT2D eigenvalue weighted by Gasteiger charge is 2.26. The first-order valence-corrected chi connectivity index (χ1v) is 7.51. The van der Waals surface area contributed by atoms with Crippen LogP contribution in [-0.2, 0) is 0 Å². The van der Waals surface area contributed by atoms with E-state index in [0.717, 1.165) is 10.6 Å². The van der Waals surface area contributed by atoms with E-state index in [-0.39, 0.29) is 17.5 Å². The minimum atomic E-state index is -0.139. The van der Waals surface area contributed by atoms with Gasteiger partial charge < -0.3 is 10.6 Å². The van der Waals surface area contributed by atoms with Gasteiger partial charge in [0, 0.05) is 11.1 Å². The molecule has 1 amide bonds. The maximum atomic E-state index is 12.2. The monoisotopic (exact) mass is 288 g/mol. The Hall–Kier alpha value is -1.81. The van der Waals surface area contributed by atoms with Gasteiger partial charge in [-0.3, -0.25) is 4.79 Å². The molecule has 0 aliphatic rings. The lowest BCUT2D eigenvalue weighted by Gasteiger charge is -2.32. The molecule has 3 nitrogen and oxygen atoms in total. The van der Waals surface area contributed by atoms with Gasteiger partial charge in [-0.2, -0.15) is 0 Å². The van der Waals surface area contributed by atoms with Crippen molar-refractivity contribution in [1.82, 2.24) is 5.32 Å². The van der Waals surface area contributed by atoms with Crippen molar-refractivity contribution in [2.45, 2.75) is 26.9 Å². The van der Waals surface area contributed by atoms with E-state index in [4.69, 9.17) is 0 Å². The molecule has 2 N–H and O–H groups in total. The molecule has 0 aliphatic carbocycles. The van der Waals surface area contributed by atoms with E-state index in [2.05, 4.69) is 31.4 Å². The van der Waals surface area contributed by atoms with Crippen molar-refractivity contribution in [2.75, 3.05) is 5.32 Å². The number of hydrogen-bond donors (Lipinski definition) is 2. The van der Waals surface area contributed by atoms with Gasteiger partial charge in [0.05, 0.1) is 4.88 Å². The molecule has 1 unspecified atom stereocenters. The van der Waals surface area contributed by atoms with Crippen molar-refractivity contribution in [1.29, 1.82) is 0 Å². The highest BCUT2D eigenvalue weighted by atomic mass is 32.1. The summed E-state index contributed by atoms with van der Waals surface area (Å²) in [5, 5.41) is 8.36. The molecule has 106 valence electrons. The number of hydrogen-bond acceptors (Lipinski definition) is 3. The zero-order chi connectivity index (χ0) is 14.6. The summed E-state index contributed by atoms with van der Waals surface area (Å²) in [4.78, 5) is 12.9. The lowest BCUT2D eigenvalue weighted by molar-refractivity contribution is 0.0917. The van der Waals surface area contributed by atoms with Crippen LogP contribution in [0.4, 0.5) is 5.69 Å². The topological polar surface area (TPSA) is 41.1 Å². The maximum Gasteiger partial charge on any atom is 0.262 e. The fourth-order valence-corrected chi connectivity index (χ4v) is 2.41. The number of rotatable bonds is 4. The average Bonchev–Trinajstić information content (AvgIpc) is 2.92. The molecule has 0 fully saturated rings. The second-order valence-corrected chi connectivity index (χ2v) is 6.71. The highest BCUT2D eigenvalue weighted by molar-refractivity contribution is 7.12. The normalized spacial score (nSPS) is 12.8.